The number of carbonyl (C=O) groups excluding carboxylic acids is 1. The predicted molar refractivity (Wildman–Crippen MR) is 124 cm³/mol. The summed E-state index contributed by atoms with van der Waals surface area (Å²) in [6.45, 7) is 5.54. The number of benzene rings is 1. The molecule has 1 aliphatic rings. The Kier molecular flexibility index (Phi) is 8.80. The number of hydrogen-bond acceptors (Lipinski definition) is 6. The highest BCUT2D eigenvalue weighted by Crippen LogP contribution is 2.29. The Labute approximate surface area is 189 Å². The molecule has 1 saturated carbocycles. The van der Waals surface area contributed by atoms with E-state index in [2.05, 4.69) is 32.6 Å². The fourth-order valence-corrected chi connectivity index (χ4v) is 6.15. The lowest BCUT2D eigenvalue weighted by atomic mass is 9.81. The molecule has 0 saturated heterocycles. The van der Waals surface area contributed by atoms with Crippen LogP contribution in [0.15, 0.2) is 23.1 Å². The van der Waals surface area contributed by atoms with Crippen LogP contribution in [0.25, 0.3) is 11.0 Å². The van der Waals surface area contributed by atoms with Crippen LogP contribution in [0, 0.1) is 17.8 Å². The van der Waals surface area contributed by atoms with E-state index in [0.29, 0.717) is 23.5 Å². The second-order valence-corrected chi connectivity index (χ2v) is 10.9. The number of nitrogens with zero attached hydrogens (tertiary/aromatic N) is 2. The van der Waals surface area contributed by atoms with Crippen LogP contribution < -0.4 is 10.0 Å². The van der Waals surface area contributed by atoms with Gasteiger partial charge in [-0.15, -0.1) is 0 Å². The molecule has 2 N–H and O–H groups in total. The highest BCUT2D eigenvalue weighted by atomic mass is 32.2. The lowest BCUT2D eigenvalue weighted by molar-refractivity contribution is -0.126. The van der Waals surface area contributed by atoms with Crippen molar-refractivity contribution in [1.29, 1.82) is 0 Å². The van der Waals surface area contributed by atoms with Gasteiger partial charge < -0.3 is 5.32 Å². The number of rotatable bonds is 11. The molecular formula is C22H34N4O3S2. The summed E-state index contributed by atoms with van der Waals surface area (Å²) in [7, 11) is -3.64. The number of unbranched alkanes of at least 4 members (excludes halogenated alkanes) is 1. The Balaban J connectivity index is 1.45. The van der Waals surface area contributed by atoms with E-state index in [9.17, 15) is 13.2 Å². The smallest absolute Gasteiger partial charge is 0.242 e. The minimum Gasteiger partial charge on any atom is -0.356 e. The zero-order chi connectivity index (χ0) is 22.3. The summed E-state index contributed by atoms with van der Waals surface area (Å²) in [6, 6.07) is 5.02. The molecule has 3 rings (SSSR count). The van der Waals surface area contributed by atoms with Gasteiger partial charge in [-0.2, -0.15) is 8.75 Å². The summed E-state index contributed by atoms with van der Waals surface area (Å²) in [5, 5.41) is 3.16. The largest absolute Gasteiger partial charge is 0.356 e. The minimum absolute atomic E-state index is 0.0476. The van der Waals surface area contributed by atoms with Crippen LogP contribution in [0.5, 0.6) is 0 Å². The van der Waals surface area contributed by atoms with Crippen LogP contribution in [-0.2, 0) is 14.8 Å². The molecule has 1 aliphatic carbocycles. The first-order chi connectivity index (χ1) is 14.9. The zero-order valence-electron chi connectivity index (χ0n) is 18.5. The van der Waals surface area contributed by atoms with Crippen LogP contribution in [0.2, 0.25) is 0 Å². The number of carbonyl (C=O) groups is 1. The Hall–Kier alpha value is -1.58. The highest BCUT2D eigenvalue weighted by Gasteiger charge is 2.28. The second-order valence-electron chi connectivity index (χ2n) is 8.62. The van der Waals surface area contributed by atoms with Crippen LogP contribution in [0.3, 0.4) is 0 Å². The molecule has 1 fully saturated rings. The van der Waals surface area contributed by atoms with Gasteiger partial charge in [0.1, 0.15) is 15.9 Å². The van der Waals surface area contributed by atoms with E-state index in [4.69, 9.17) is 0 Å². The molecule has 172 valence electrons. The Bertz CT molecular complexity index is 953. The van der Waals surface area contributed by atoms with Gasteiger partial charge in [0, 0.05) is 19.0 Å². The first-order valence-electron chi connectivity index (χ1n) is 11.4. The first-order valence-corrected chi connectivity index (χ1v) is 13.6. The highest BCUT2D eigenvalue weighted by molar-refractivity contribution is 7.89. The van der Waals surface area contributed by atoms with Gasteiger partial charge in [-0.3, -0.25) is 4.79 Å². The normalized spacial score (nSPS) is 20.6. The Morgan fingerprint density at radius 2 is 1.97 bits per heavy atom. The van der Waals surface area contributed by atoms with Crippen molar-refractivity contribution < 1.29 is 13.2 Å². The summed E-state index contributed by atoms with van der Waals surface area (Å²) in [5.74, 6) is 1.02. The molecule has 7 nitrogen and oxygen atoms in total. The standard InChI is InChI=1S/C22H34N4O3S2/c1-3-5-7-16(4-2)14-23-22(27)18-12-10-17(11-13-18)15-24-31(28,29)20-9-6-8-19-21(20)26-30-25-19/h6,8-9,16-18,24H,3-5,7,10-15H2,1-2H3,(H,23,27). The summed E-state index contributed by atoms with van der Waals surface area (Å²) in [5.41, 5.74) is 1.02. The topological polar surface area (TPSA) is 101 Å². The molecule has 2 aromatic rings. The van der Waals surface area contributed by atoms with E-state index in [1.54, 1.807) is 18.2 Å². The third-order valence-corrected chi connectivity index (χ3v) is 8.42. The molecule has 1 aromatic heterocycles. The van der Waals surface area contributed by atoms with Crippen molar-refractivity contribution in [3.63, 3.8) is 0 Å². The van der Waals surface area contributed by atoms with Gasteiger partial charge >= 0.3 is 0 Å². The monoisotopic (exact) mass is 466 g/mol. The maximum absolute atomic E-state index is 12.8. The summed E-state index contributed by atoms with van der Waals surface area (Å²) in [4.78, 5) is 12.7. The van der Waals surface area contributed by atoms with Crippen molar-refractivity contribution in [2.75, 3.05) is 13.1 Å². The number of amides is 1. The van der Waals surface area contributed by atoms with Crippen molar-refractivity contribution in [3.8, 4) is 0 Å². The number of nitrogens with one attached hydrogen (secondary N) is 2. The van der Waals surface area contributed by atoms with E-state index in [-0.39, 0.29) is 22.6 Å². The fraction of sp³-hybridized carbons (Fsp3) is 0.682. The SMILES string of the molecule is CCCCC(CC)CNC(=O)C1CCC(CNS(=O)(=O)c2cccc3nsnc23)CC1. The number of fused-ring (bicyclic) bond motifs is 1. The molecule has 1 atom stereocenters. The van der Waals surface area contributed by atoms with E-state index in [1.165, 1.54) is 19.3 Å². The summed E-state index contributed by atoms with van der Waals surface area (Å²) < 4.78 is 36.5. The Morgan fingerprint density at radius 3 is 2.68 bits per heavy atom. The third-order valence-electron chi connectivity index (χ3n) is 6.43. The number of hydrogen-bond donors (Lipinski definition) is 2. The van der Waals surface area contributed by atoms with Crippen LogP contribution in [0.1, 0.15) is 65.2 Å². The van der Waals surface area contributed by atoms with E-state index < -0.39 is 10.0 Å². The molecule has 0 spiro atoms. The van der Waals surface area contributed by atoms with Crippen molar-refractivity contribution >= 4 is 38.7 Å². The number of sulfonamides is 1. The molecule has 1 amide bonds. The van der Waals surface area contributed by atoms with Gasteiger partial charge in [0.2, 0.25) is 15.9 Å². The van der Waals surface area contributed by atoms with Crippen LogP contribution in [0.4, 0.5) is 0 Å². The zero-order valence-corrected chi connectivity index (χ0v) is 20.1. The molecule has 0 bridgehead atoms. The molecule has 0 aliphatic heterocycles. The van der Waals surface area contributed by atoms with Crippen molar-refractivity contribution in [2.45, 2.75) is 70.1 Å². The van der Waals surface area contributed by atoms with E-state index >= 15 is 0 Å². The van der Waals surface area contributed by atoms with Gasteiger partial charge in [0.15, 0.2) is 0 Å². The summed E-state index contributed by atoms with van der Waals surface area (Å²) >= 11 is 1.01. The van der Waals surface area contributed by atoms with Crippen molar-refractivity contribution in [3.05, 3.63) is 18.2 Å². The third kappa shape index (κ3) is 6.46. The van der Waals surface area contributed by atoms with Gasteiger partial charge in [0.05, 0.1) is 11.7 Å². The lowest BCUT2D eigenvalue weighted by Crippen LogP contribution is -2.37. The molecule has 9 heteroatoms. The van der Waals surface area contributed by atoms with Gasteiger partial charge in [-0.1, -0.05) is 39.2 Å². The fourth-order valence-electron chi connectivity index (χ4n) is 4.26. The molecule has 1 aromatic carbocycles. The average Bonchev–Trinajstić information content (AvgIpc) is 3.27. The predicted octanol–water partition coefficient (Wildman–Crippen LogP) is 4.11. The van der Waals surface area contributed by atoms with Crippen molar-refractivity contribution in [2.24, 2.45) is 17.8 Å². The van der Waals surface area contributed by atoms with Gasteiger partial charge in [-0.25, -0.2) is 13.1 Å². The molecule has 31 heavy (non-hydrogen) atoms. The number of aromatic nitrogens is 2. The van der Waals surface area contributed by atoms with Crippen LogP contribution in [-0.4, -0.2) is 36.2 Å². The van der Waals surface area contributed by atoms with Crippen molar-refractivity contribution in [1.82, 2.24) is 18.8 Å². The lowest BCUT2D eigenvalue weighted by Gasteiger charge is -2.28. The minimum atomic E-state index is -3.64. The molecule has 0 radical (unpaired) electrons. The maximum atomic E-state index is 12.8. The quantitative estimate of drug-likeness (QED) is 0.519. The Morgan fingerprint density at radius 1 is 1.19 bits per heavy atom. The summed E-state index contributed by atoms with van der Waals surface area (Å²) in [6.07, 6.45) is 8.01. The first kappa shape index (κ1) is 24.1. The molecule has 1 heterocycles. The average molecular weight is 467 g/mol. The van der Waals surface area contributed by atoms with Crippen LogP contribution >= 0.6 is 11.7 Å². The van der Waals surface area contributed by atoms with Gasteiger partial charge in [-0.05, 0) is 56.1 Å². The van der Waals surface area contributed by atoms with E-state index in [0.717, 1.165) is 50.4 Å². The maximum Gasteiger partial charge on any atom is 0.242 e. The molecule has 1 unspecified atom stereocenters. The molecular weight excluding hydrogens is 432 g/mol. The van der Waals surface area contributed by atoms with Gasteiger partial charge in [0.25, 0.3) is 0 Å². The van der Waals surface area contributed by atoms with E-state index in [1.807, 2.05) is 0 Å². The second kappa shape index (κ2) is 11.3.